The molecule has 0 aliphatic rings. The van der Waals surface area contributed by atoms with Crippen molar-refractivity contribution in [3.05, 3.63) is 47.3 Å². The number of hydrogen-bond donors (Lipinski definition) is 2. The van der Waals surface area contributed by atoms with Gasteiger partial charge in [-0.05, 0) is 58.3 Å². The molecule has 0 aliphatic carbocycles. The van der Waals surface area contributed by atoms with Gasteiger partial charge in [-0.15, -0.1) is 0 Å². The molecular weight excluding hydrogens is 359 g/mol. The predicted octanol–water partition coefficient (Wildman–Crippen LogP) is 3.42. The van der Waals surface area contributed by atoms with E-state index in [2.05, 4.69) is 20.6 Å². The first-order valence-corrected chi connectivity index (χ1v) is 8.38. The van der Waals surface area contributed by atoms with Gasteiger partial charge in [-0.25, -0.2) is 9.97 Å². The Morgan fingerprint density at radius 1 is 1.19 bits per heavy atom. The van der Waals surface area contributed by atoms with Crippen molar-refractivity contribution in [2.75, 3.05) is 37.8 Å². The minimum Gasteiger partial charge on any atom is -0.354 e. The summed E-state index contributed by atoms with van der Waals surface area (Å²) in [7, 11) is 3.94. The quantitative estimate of drug-likeness (QED) is 0.720. The molecule has 146 valence electrons. The third-order valence-corrected chi connectivity index (χ3v) is 3.60. The highest BCUT2D eigenvalue weighted by Gasteiger charge is 2.30. The number of anilines is 2. The van der Waals surface area contributed by atoms with Gasteiger partial charge in [-0.2, -0.15) is 13.2 Å². The maximum absolute atomic E-state index is 12.8. The minimum atomic E-state index is -4.48. The van der Waals surface area contributed by atoms with Crippen LogP contribution in [0.25, 0.3) is 0 Å². The average Bonchev–Trinajstić information content (AvgIpc) is 2.57. The summed E-state index contributed by atoms with van der Waals surface area (Å²) in [6.07, 6.45) is -3.61. The van der Waals surface area contributed by atoms with Crippen LogP contribution in [0.1, 0.15) is 28.2 Å². The molecule has 27 heavy (non-hydrogen) atoms. The van der Waals surface area contributed by atoms with Gasteiger partial charge in [0.2, 0.25) is 5.95 Å². The third kappa shape index (κ3) is 6.52. The summed E-state index contributed by atoms with van der Waals surface area (Å²) >= 11 is 0. The lowest BCUT2D eigenvalue weighted by Crippen LogP contribution is -2.19. The van der Waals surface area contributed by atoms with Crippen molar-refractivity contribution >= 4 is 17.5 Å². The molecule has 0 bridgehead atoms. The molecule has 2 N–H and O–H groups in total. The van der Waals surface area contributed by atoms with Crippen LogP contribution in [0.15, 0.2) is 30.3 Å². The van der Waals surface area contributed by atoms with Crippen LogP contribution >= 0.6 is 0 Å². The number of aryl methyl sites for hydroxylation is 1. The summed E-state index contributed by atoms with van der Waals surface area (Å²) in [5, 5.41) is 5.50. The van der Waals surface area contributed by atoms with Crippen molar-refractivity contribution in [3.8, 4) is 0 Å². The molecule has 0 spiro atoms. The van der Waals surface area contributed by atoms with Crippen molar-refractivity contribution in [1.82, 2.24) is 14.9 Å². The lowest BCUT2D eigenvalue weighted by atomic mass is 10.2. The standard InChI is InChI=1S/C18H22F3N5O/c1-12-10-15(25-17(23-12)22-8-5-9-26(2)3)16(27)24-14-7-4-6-13(11-14)18(19,20)21/h4,6-7,10-11H,5,8-9H2,1-3H3,(H,24,27)(H,22,23,25). The summed E-state index contributed by atoms with van der Waals surface area (Å²) in [5.74, 6) is -0.292. The van der Waals surface area contributed by atoms with E-state index in [0.29, 0.717) is 18.2 Å². The van der Waals surface area contributed by atoms with Crippen LogP contribution in [-0.4, -0.2) is 48.0 Å². The largest absolute Gasteiger partial charge is 0.416 e. The molecule has 0 saturated heterocycles. The monoisotopic (exact) mass is 381 g/mol. The molecule has 2 aromatic rings. The van der Waals surface area contributed by atoms with Crippen molar-refractivity contribution in [3.63, 3.8) is 0 Å². The molecular formula is C18H22F3N5O. The van der Waals surface area contributed by atoms with Gasteiger partial charge in [-0.3, -0.25) is 4.79 Å². The lowest BCUT2D eigenvalue weighted by Gasteiger charge is -2.12. The van der Waals surface area contributed by atoms with Gasteiger partial charge in [0.05, 0.1) is 5.56 Å². The number of amides is 1. The van der Waals surface area contributed by atoms with Crippen molar-refractivity contribution in [1.29, 1.82) is 0 Å². The lowest BCUT2D eigenvalue weighted by molar-refractivity contribution is -0.137. The molecule has 6 nitrogen and oxygen atoms in total. The van der Waals surface area contributed by atoms with Crippen molar-refractivity contribution in [2.24, 2.45) is 0 Å². The number of nitrogens with one attached hydrogen (secondary N) is 2. The van der Waals surface area contributed by atoms with Gasteiger partial charge in [0.25, 0.3) is 5.91 Å². The summed E-state index contributed by atoms with van der Waals surface area (Å²) in [6, 6.07) is 5.93. The molecule has 1 aromatic heterocycles. The topological polar surface area (TPSA) is 70.2 Å². The molecule has 0 aliphatic heterocycles. The second-order valence-corrected chi connectivity index (χ2v) is 6.33. The number of alkyl halides is 3. The van der Waals surface area contributed by atoms with Crippen LogP contribution in [0, 0.1) is 6.92 Å². The molecule has 0 saturated carbocycles. The second kappa shape index (κ2) is 8.81. The Bertz CT molecular complexity index is 793. The summed E-state index contributed by atoms with van der Waals surface area (Å²) in [5.41, 5.74) is -0.127. The summed E-state index contributed by atoms with van der Waals surface area (Å²) in [4.78, 5) is 22.8. The average molecular weight is 381 g/mol. The van der Waals surface area contributed by atoms with E-state index in [1.165, 1.54) is 18.2 Å². The van der Waals surface area contributed by atoms with E-state index < -0.39 is 17.6 Å². The number of nitrogens with zero attached hydrogens (tertiary/aromatic N) is 3. The highest BCUT2D eigenvalue weighted by molar-refractivity contribution is 6.03. The number of rotatable bonds is 7. The smallest absolute Gasteiger partial charge is 0.354 e. The van der Waals surface area contributed by atoms with E-state index >= 15 is 0 Å². The molecule has 0 unspecified atom stereocenters. The second-order valence-electron chi connectivity index (χ2n) is 6.33. The zero-order chi connectivity index (χ0) is 20.0. The number of carbonyl (C=O) groups is 1. The van der Waals surface area contributed by atoms with Crippen molar-refractivity contribution in [2.45, 2.75) is 19.5 Å². The Kier molecular flexibility index (Phi) is 6.73. The van der Waals surface area contributed by atoms with Gasteiger partial charge in [-0.1, -0.05) is 6.07 Å². The van der Waals surface area contributed by atoms with Crippen LogP contribution in [0.5, 0.6) is 0 Å². The molecule has 1 aromatic carbocycles. The first kappa shape index (κ1) is 20.6. The number of aromatic nitrogens is 2. The van der Waals surface area contributed by atoms with E-state index in [9.17, 15) is 18.0 Å². The van der Waals surface area contributed by atoms with Crippen LogP contribution in [0.3, 0.4) is 0 Å². The number of benzene rings is 1. The SMILES string of the molecule is Cc1cc(C(=O)Nc2cccc(C(F)(F)F)c2)nc(NCCCN(C)C)n1. The van der Waals surface area contributed by atoms with Crippen LogP contribution in [-0.2, 0) is 6.18 Å². The normalized spacial score (nSPS) is 11.5. The fourth-order valence-corrected chi connectivity index (χ4v) is 2.33. The zero-order valence-electron chi connectivity index (χ0n) is 15.4. The summed E-state index contributed by atoms with van der Waals surface area (Å²) < 4.78 is 38.4. The number of carbonyl (C=O) groups excluding carboxylic acids is 1. The number of hydrogen-bond acceptors (Lipinski definition) is 5. The van der Waals surface area contributed by atoms with E-state index in [0.717, 1.165) is 25.1 Å². The predicted molar refractivity (Wildman–Crippen MR) is 97.8 cm³/mol. The Morgan fingerprint density at radius 2 is 1.93 bits per heavy atom. The molecule has 9 heteroatoms. The zero-order valence-corrected chi connectivity index (χ0v) is 15.4. The fraction of sp³-hybridized carbons (Fsp3) is 0.389. The Labute approximate surface area is 155 Å². The van der Waals surface area contributed by atoms with Gasteiger partial charge in [0, 0.05) is 17.9 Å². The highest BCUT2D eigenvalue weighted by atomic mass is 19.4. The maximum Gasteiger partial charge on any atom is 0.416 e. The van der Waals surface area contributed by atoms with E-state index in [1.54, 1.807) is 6.92 Å². The Balaban J connectivity index is 2.08. The number of halogens is 3. The van der Waals surface area contributed by atoms with E-state index in [1.807, 2.05) is 19.0 Å². The molecule has 1 amide bonds. The van der Waals surface area contributed by atoms with Crippen LogP contribution < -0.4 is 10.6 Å². The maximum atomic E-state index is 12.8. The van der Waals surface area contributed by atoms with Gasteiger partial charge in [0.15, 0.2) is 0 Å². The van der Waals surface area contributed by atoms with Crippen LogP contribution in [0.2, 0.25) is 0 Å². The third-order valence-electron chi connectivity index (χ3n) is 3.60. The first-order valence-electron chi connectivity index (χ1n) is 8.38. The molecule has 0 atom stereocenters. The molecule has 0 fully saturated rings. The van der Waals surface area contributed by atoms with Gasteiger partial charge >= 0.3 is 6.18 Å². The molecule has 1 heterocycles. The Morgan fingerprint density at radius 3 is 2.59 bits per heavy atom. The molecule has 2 rings (SSSR count). The van der Waals surface area contributed by atoms with Gasteiger partial charge in [0.1, 0.15) is 5.69 Å². The molecule has 0 radical (unpaired) electrons. The highest BCUT2D eigenvalue weighted by Crippen LogP contribution is 2.30. The van der Waals surface area contributed by atoms with E-state index in [-0.39, 0.29) is 11.4 Å². The minimum absolute atomic E-state index is 0.0478. The fourth-order valence-electron chi connectivity index (χ4n) is 2.33. The van der Waals surface area contributed by atoms with Crippen molar-refractivity contribution < 1.29 is 18.0 Å². The first-order chi connectivity index (χ1) is 12.6. The summed E-state index contributed by atoms with van der Waals surface area (Å²) in [6.45, 7) is 3.24. The Hall–Kier alpha value is -2.68. The van der Waals surface area contributed by atoms with Crippen LogP contribution in [0.4, 0.5) is 24.8 Å². The van der Waals surface area contributed by atoms with E-state index in [4.69, 9.17) is 0 Å². The van der Waals surface area contributed by atoms with Gasteiger partial charge < -0.3 is 15.5 Å².